The second kappa shape index (κ2) is 4.19. The molecule has 0 amide bonds. The van der Waals surface area contributed by atoms with E-state index in [0.29, 0.717) is 0 Å². The summed E-state index contributed by atoms with van der Waals surface area (Å²) in [5.74, 6) is 1.44. The molecule has 2 unspecified atom stereocenters. The molecular formula is C12H18N2O. The molecule has 1 aromatic rings. The van der Waals surface area contributed by atoms with Crippen molar-refractivity contribution in [2.24, 2.45) is 11.8 Å². The summed E-state index contributed by atoms with van der Waals surface area (Å²) in [5, 5.41) is 9.26. The molecule has 82 valence electrons. The van der Waals surface area contributed by atoms with Crippen LogP contribution in [0.4, 0.5) is 5.69 Å². The second-order valence-electron chi connectivity index (χ2n) is 4.52. The Morgan fingerprint density at radius 2 is 2.07 bits per heavy atom. The Hall–Kier alpha value is -1.09. The minimum atomic E-state index is 0.0944. The van der Waals surface area contributed by atoms with Crippen molar-refractivity contribution in [3.8, 4) is 0 Å². The maximum absolute atomic E-state index is 9.26. The van der Waals surface area contributed by atoms with Gasteiger partial charge in [-0.15, -0.1) is 0 Å². The number of hydrogen-bond donors (Lipinski definition) is 1. The molecule has 0 saturated carbocycles. The quantitative estimate of drug-likeness (QED) is 0.799. The molecular weight excluding hydrogens is 188 g/mol. The van der Waals surface area contributed by atoms with Crippen molar-refractivity contribution in [1.82, 2.24) is 4.98 Å². The van der Waals surface area contributed by atoms with Crippen LogP contribution in [0.3, 0.4) is 0 Å². The average Bonchev–Trinajstić information content (AvgIpc) is 2.59. The Morgan fingerprint density at radius 3 is 2.67 bits per heavy atom. The number of pyridine rings is 1. The number of rotatable bonds is 2. The van der Waals surface area contributed by atoms with Crippen molar-refractivity contribution in [2.75, 3.05) is 18.0 Å². The molecule has 0 radical (unpaired) electrons. The van der Waals surface area contributed by atoms with Crippen LogP contribution in [-0.2, 0) is 6.61 Å². The van der Waals surface area contributed by atoms with Gasteiger partial charge in [-0.25, -0.2) is 0 Å². The monoisotopic (exact) mass is 206 g/mol. The summed E-state index contributed by atoms with van der Waals surface area (Å²) < 4.78 is 0. The third-order valence-electron chi connectivity index (χ3n) is 3.39. The van der Waals surface area contributed by atoms with Crippen LogP contribution < -0.4 is 4.90 Å². The van der Waals surface area contributed by atoms with Crippen molar-refractivity contribution in [3.05, 3.63) is 24.0 Å². The number of hydrogen-bond acceptors (Lipinski definition) is 3. The lowest BCUT2D eigenvalue weighted by Crippen LogP contribution is -2.21. The summed E-state index contributed by atoms with van der Waals surface area (Å²) in [5.41, 5.74) is 2.07. The van der Waals surface area contributed by atoms with Gasteiger partial charge in [0.05, 0.1) is 18.5 Å². The van der Waals surface area contributed by atoms with Gasteiger partial charge in [-0.2, -0.15) is 0 Å². The van der Waals surface area contributed by atoms with E-state index in [2.05, 4.69) is 23.7 Å². The fourth-order valence-electron chi connectivity index (χ4n) is 2.16. The highest BCUT2D eigenvalue weighted by atomic mass is 16.3. The van der Waals surface area contributed by atoms with E-state index in [1.54, 1.807) is 6.20 Å². The van der Waals surface area contributed by atoms with Gasteiger partial charge < -0.3 is 10.0 Å². The molecule has 2 heterocycles. The Balaban J connectivity index is 2.23. The fourth-order valence-corrected chi connectivity index (χ4v) is 2.16. The molecule has 0 spiro atoms. The van der Waals surface area contributed by atoms with E-state index < -0.39 is 0 Å². The highest BCUT2D eigenvalue weighted by Gasteiger charge is 2.27. The minimum Gasteiger partial charge on any atom is -0.392 e. The summed E-state index contributed by atoms with van der Waals surface area (Å²) in [7, 11) is 0. The normalized spacial score (nSPS) is 25.9. The van der Waals surface area contributed by atoms with E-state index in [1.807, 2.05) is 12.3 Å². The molecule has 3 nitrogen and oxygen atoms in total. The molecule has 0 bridgehead atoms. The van der Waals surface area contributed by atoms with Crippen LogP contribution in [0.1, 0.15) is 19.4 Å². The van der Waals surface area contributed by atoms with Gasteiger partial charge in [0, 0.05) is 24.8 Å². The zero-order chi connectivity index (χ0) is 10.8. The largest absolute Gasteiger partial charge is 0.392 e. The zero-order valence-electron chi connectivity index (χ0n) is 9.35. The van der Waals surface area contributed by atoms with Crippen LogP contribution in [0.15, 0.2) is 18.5 Å². The Labute approximate surface area is 90.8 Å². The lowest BCUT2D eigenvalue weighted by atomic mass is 10.0. The van der Waals surface area contributed by atoms with Crippen molar-refractivity contribution in [3.63, 3.8) is 0 Å². The van der Waals surface area contributed by atoms with Crippen LogP contribution >= 0.6 is 0 Å². The maximum atomic E-state index is 9.26. The van der Waals surface area contributed by atoms with Crippen LogP contribution in [-0.4, -0.2) is 23.2 Å². The Bertz CT molecular complexity index is 330. The highest BCUT2D eigenvalue weighted by Crippen LogP contribution is 2.29. The van der Waals surface area contributed by atoms with Crippen LogP contribution in [0.25, 0.3) is 0 Å². The van der Waals surface area contributed by atoms with E-state index in [9.17, 15) is 5.11 Å². The molecule has 3 heteroatoms. The van der Waals surface area contributed by atoms with E-state index in [0.717, 1.165) is 36.2 Å². The number of aromatic nitrogens is 1. The summed E-state index contributed by atoms with van der Waals surface area (Å²) in [6, 6.07) is 1.89. The molecule has 1 fully saturated rings. The van der Waals surface area contributed by atoms with Crippen molar-refractivity contribution in [1.29, 1.82) is 0 Å². The van der Waals surface area contributed by atoms with Gasteiger partial charge in [-0.05, 0) is 17.9 Å². The predicted octanol–water partition coefficient (Wildman–Crippen LogP) is 1.67. The number of aliphatic hydroxyl groups is 1. The van der Waals surface area contributed by atoms with Gasteiger partial charge in [-0.1, -0.05) is 13.8 Å². The molecule has 0 aliphatic carbocycles. The summed E-state index contributed by atoms with van der Waals surface area (Å²) in [4.78, 5) is 6.46. The summed E-state index contributed by atoms with van der Waals surface area (Å²) in [6.45, 7) is 6.79. The third-order valence-corrected chi connectivity index (χ3v) is 3.39. The van der Waals surface area contributed by atoms with Crippen molar-refractivity contribution in [2.45, 2.75) is 20.5 Å². The molecule has 1 aliphatic heterocycles. The molecule has 2 rings (SSSR count). The van der Waals surface area contributed by atoms with Crippen LogP contribution in [0.2, 0.25) is 0 Å². The lowest BCUT2D eigenvalue weighted by molar-refractivity contribution is 0.282. The van der Waals surface area contributed by atoms with Crippen molar-refractivity contribution < 1.29 is 5.11 Å². The molecule has 1 saturated heterocycles. The Kier molecular flexibility index (Phi) is 2.91. The molecule has 1 aliphatic rings. The smallest absolute Gasteiger partial charge is 0.0703 e. The van der Waals surface area contributed by atoms with Gasteiger partial charge in [0.25, 0.3) is 0 Å². The van der Waals surface area contributed by atoms with Gasteiger partial charge in [0.1, 0.15) is 0 Å². The molecule has 0 aromatic carbocycles. The van der Waals surface area contributed by atoms with E-state index in [-0.39, 0.29) is 6.61 Å². The summed E-state index contributed by atoms with van der Waals surface area (Å²) in [6.07, 6.45) is 3.59. The topological polar surface area (TPSA) is 36.4 Å². The number of anilines is 1. The first-order valence-corrected chi connectivity index (χ1v) is 5.51. The zero-order valence-corrected chi connectivity index (χ0v) is 9.35. The lowest BCUT2D eigenvalue weighted by Gasteiger charge is -2.20. The van der Waals surface area contributed by atoms with Gasteiger partial charge in [0.2, 0.25) is 0 Å². The predicted molar refractivity (Wildman–Crippen MR) is 60.7 cm³/mol. The summed E-state index contributed by atoms with van der Waals surface area (Å²) >= 11 is 0. The molecule has 1 aromatic heterocycles. The molecule has 1 N–H and O–H groups in total. The van der Waals surface area contributed by atoms with Crippen molar-refractivity contribution >= 4 is 5.69 Å². The molecule has 2 atom stereocenters. The molecule has 15 heavy (non-hydrogen) atoms. The maximum Gasteiger partial charge on any atom is 0.0703 e. The van der Waals surface area contributed by atoms with Crippen LogP contribution in [0, 0.1) is 11.8 Å². The SMILES string of the molecule is CC1CN(c2cnccc2CO)CC1C. The second-order valence-corrected chi connectivity index (χ2v) is 4.52. The first kappa shape index (κ1) is 10.4. The Morgan fingerprint density at radius 1 is 1.40 bits per heavy atom. The van der Waals surface area contributed by atoms with Crippen LogP contribution in [0.5, 0.6) is 0 Å². The third kappa shape index (κ3) is 1.97. The number of nitrogens with zero attached hydrogens (tertiary/aromatic N) is 2. The standard InChI is InChI=1S/C12H18N2O/c1-9-6-14(7-10(9)2)12-5-13-4-3-11(12)8-15/h3-5,9-10,15H,6-8H2,1-2H3. The number of aliphatic hydroxyl groups excluding tert-OH is 1. The first-order valence-electron chi connectivity index (χ1n) is 5.51. The van der Waals surface area contributed by atoms with Gasteiger partial charge >= 0.3 is 0 Å². The van der Waals surface area contributed by atoms with E-state index >= 15 is 0 Å². The van der Waals surface area contributed by atoms with Gasteiger partial charge in [-0.3, -0.25) is 4.98 Å². The van der Waals surface area contributed by atoms with E-state index in [4.69, 9.17) is 0 Å². The minimum absolute atomic E-state index is 0.0944. The van der Waals surface area contributed by atoms with Gasteiger partial charge in [0.15, 0.2) is 0 Å². The van der Waals surface area contributed by atoms with E-state index in [1.165, 1.54) is 0 Å². The first-order chi connectivity index (χ1) is 7.22. The fraction of sp³-hybridized carbons (Fsp3) is 0.583. The highest BCUT2D eigenvalue weighted by molar-refractivity contribution is 5.52. The average molecular weight is 206 g/mol.